The molecule has 0 spiro atoms. The lowest BCUT2D eigenvalue weighted by molar-refractivity contribution is -0.144. The van der Waals surface area contributed by atoms with Gasteiger partial charge in [-0.1, -0.05) is 18.2 Å². The highest BCUT2D eigenvalue weighted by Gasteiger charge is 2.28. The average molecular weight is 389 g/mol. The Labute approximate surface area is 164 Å². The number of ether oxygens (including phenoxy) is 2. The predicted octanol–water partition coefficient (Wildman–Crippen LogP) is 2.28. The number of benzene rings is 1. The molecule has 28 heavy (non-hydrogen) atoms. The molecular formula is C20H27N3O5. The summed E-state index contributed by atoms with van der Waals surface area (Å²) in [5, 5.41) is 6.12. The van der Waals surface area contributed by atoms with Crippen molar-refractivity contribution in [3.63, 3.8) is 0 Å². The molecule has 8 nitrogen and oxygen atoms in total. The molecule has 0 unspecified atom stereocenters. The number of carbonyl (C=O) groups is 3. The molecule has 3 N–H and O–H groups in total. The Morgan fingerprint density at radius 1 is 1.14 bits per heavy atom. The number of hydrogen-bond donors (Lipinski definition) is 3. The first-order valence-corrected chi connectivity index (χ1v) is 9.03. The predicted molar refractivity (Wildman–Crippen MR) is 105 cm³/mol. The minimum atomic E-state index is -0.929. The molecule has 1 aromatic carbocycles. The Kier molecular flexibility index (Phi) is 6.66. The second-order valence-electron chi connectivity index (χ2n) is 7.52. The minimum Gasteiger partial charge on any atom is -0.467 e. The van der Waals surface area contributed by atoms with Crippen molar-refractivity contribution >= 4 is 28.9 Å². The molecule has 1 aromatic heterocycles. The molecule has 8 heteroatoms. The summed E-state index contributed by atoms with van der Waals surface area (Å²) in [4.78, 5) is 39.7. The van der Waals surface area contributed by atoms with E-state index in [1.807, 2.05) is 24.3 Å². The third-order valence-corrected chi connectivity index (χ3v) is 4.02. The van der Waals surface area contributed by atoms with Gasteiger partial charge in [0.25, 0.3) is 0 Å². The summed E-state index contributed by atoms with van der Waals surface area (Å²) in [6.45, 7) is 6.72. The maximum atomic E-state index is 12.7. The number of alkyl carbamates (subject to hydrolysis) is 1. The standard InChI is InChI=1S/C20H27N3O5/c1-12(18(25)27-5)22-17(24)16(23-19(26)28-20(2,3)4)10-13-11-21-15-9-7-6-8-14(13)15/h6-9,11-12,16,21H,10H2,1-5H3,(H,22,24)(H,23,26)/t12-,16-/m0/s1. The number of fused-ring (bicyclic) bond motifs is 1. The van der Waals surface area contributed by atoms with E-state index in [4.69, 9.17) is 4.74 Å². The number of nitrogens with one attached hydrogen (secondary N) is 3. The normalized spacial score (nSPS) is 13.5. The number of methoxy groups -OCH3 is 1. The highest BCUT2D eigenvalue weighted by atomic mass is 16.6. The Hall–Kier alpha value is -3.03. The van der Waals surface area contributed by atoms with Crippen molar-refractivity contribution in [1.82, 2.24) is 15.6 Å². The van der Waals surface area contributed by atoms with Crippen LogP contribution in [-0.2, 0) is 25.5 Å². The summed E-state index contributed by atoms with van der Waals surface area (Å²) in [7, 11) is 1.24. The third-order valence-electron chi connectivity index (χ3n) is 4.02. The van der Waals surface area contributed by atoms with Gasteiger partial charge >= 0.3 is 12.1 Å². The summed E-state index contributed by atoms with van der Waals surface area (Å²) in [6.07, 6.45) is 1.31. The number of hydrogen-bond acceptors (Lipinski definition) is 5. The van der Waals surface area contributed by atoms with Gasteiger partial charge in [-0.2, -0.15) is 0 Å². The van der Waals surface area contributed by atoms with E-state index in [-0.39, 0.29) is 6.42 Å². The number of esters is 1. The van der Waals surface area contributed by atoms with Crippen molar-refractivity contribution in [2.24, 2.45) is 0 Å². The molecule has 0 aliphatic carbocycles. The maximum Gasteiger partial charge on any atom is 0.408 e. The molecule has 0 fully saturated rings. The van der Waals surface area contributed by atoms with Gasteiger partial charge in [0.15, 0.2) is 0 Å². The van der Waals surface area contributed by atoms with Crippen LogP contribution in [0.25, 0.3) is 10.9 Å². The molecule has 0 aliphatic rings. The van der Waals surface area contributed by atoms with Crippen LogP contribution in [0.15, 0.2) is 30.5 Å². The lowest BCUT2D eigenvalue weighted by Gasteiger charge is -2.24. The fraction of sp³-hybridized carbons (Fsp3) is 0.450. The number of para-hydroxylation sites is 1. The van der Waals surface area contributed by atoms with Crippen molar-refractivity contribution in [3.05, 3.63) is 36.0 Å². The fourth-order valence-electron chi connectivity index (χ4n) is 2.73. The van der Waals surface area contributed by atoms with E-state index in [0.717, 1.165) is 16.5 Å². The zero-order valence-electron chi connectivity index (χ0n) is 16.8. The van der Waals surface area contributed by atoms with E-state index in [2.05, 4.69) is 20.4 Å². The number of H-pyrrole nitrogens is 1. The van der Waals surface area contributed by atoms with Gasteiger partial charge in [-0.15, -0.1) is 0 Å². The molecule has 0 radical (unpaired) electrons. The van der Waals surface area contributed by atoms with Gasteiger partial charge in [0.05, 0.1) is 7.11 Å². The highest BCUT2D eigenvalue weighted by molar-refractivity contribution is 5.91. The number of carbonyl (C=O) groups excluding carboxylic acids is 3. The van der Waals surface area contributed by atoms with Gasteiger partial charge in [0.1, 0.15) is 17.7 Å². The van der Waals surface area contributed by atoms with Crippen LogP contribution in [0, 0.1) is 0 Å². The Bertz CT molecular complexity index is 853. The molecule has 0 aliphatic heterocycles. The zero-order chi connectivity index (χ0) is 20.9. The lowest BCUT2D eigenvalue weighted by Crippen LogP contribution is -2.52. The van der Waals surface area contributed by atoms with E-state index < -0.39 is 35.7 Å². The van der Waals surface area contributed by atoms with Gasteiger partial charge in [0, 0.05) is 23.5 Å². The van der Waals surface area contributed by atoms with Gasteiger partial charge in [-0.3, -0.25) is 4.79 Å². The lowest BCUT2D eigenvalue weighted by atomic mass is 10.0. The van der Waals surface area contributed by atoms with Crippen molar-refractivity contribution in [2.75, 3.05) is 7.11 Å². The first-order valence-electron chi connectivity index (χ1n) is 9.03. The van der Waals surface area contributed by atoms with E-state index in [1.54, 1.807) is 27.0 Å². The minimum absolute atomic E-state index is 0.225. The summed E-state index contributed by atoms with van der Waals surface area (Å²) in [6, 6.07) is 5.89. The van der Waals surface area contributed by atoms with E-state index in [0.29, 0.717) is 0 Å². The number of amides is 2. The Balaban J connectivity index is 2.21. The van der Waals surface area contributed by atoms with Crippen LogP contribution in [0.3, 0.4) is 0 Å². The van der Waals surface area contributed by atoms with Crippen LogP contribution in [0.2, 0.25) is 0 Å². The van der Waals surface area contributed by atoms with Gasteiger partial charge in [-0.25, -0.2) is 9.59 Å². The molecule has 0 saturated heterocycles. The fourth-order valence-corrected chi connectivity index (χ4v) is 2.73. The topological polar surface area (TPSA) is 110 Å². The number of aromatic amines is 1. The Morgan fingerprint density at radius 2 is 1.82 bits per heavy atom. The van der Waals surface area contributed by atoms with Crippen LogP contribution in [0.5, 0.6) is 0 Å². The van der Waals surface area contributed by atoms with Crippen LogP contribution in [-0.4, -0.2) is 47.7 Å². The molecule has 2 atom stereocenters. The SMILES string of the molecule is COC(=O)[C@H](C)NC(=O)[C@H](Cc1c[nH]c2ccccc12)NC(=O)OC(C)(C)C. The summed E-state index contributed by atoms with van der Waals surface area (Å²) in [5.74, 6) is -1.08. The van der Waals surface area contributed by atoms with Gasteiger partial charge in [-0.05, 0) is 39.3 Å². The van der Waals surface area contributed by atoms with Crippen molar-refractivity contribution in [3.8, 4) is 0 Å². The molecular weight excluding hydrogens is 362 g/mol. The zero-order valence-corrected chi connectivity index (χ0v) is 16.8. The quantitative estimate of drug-likeness (QED) is 0.657. The van der Waals surface area contributed by atoms with Crippen molar-refractivity contribution in [2.45, 2.75) is 51.8 Å². The molecule has 1 heterocycles. The monoisotopic (exact) mass is 389 g/mol. The highest BCUT2D eigenvalue weighted by Crippen LogP contribution is 2.19. The molecule has 2 amide bonds. The number of rotatable bonds is 6. The van der Waals surface area contributed by atoms with Gasteiger partial charge < -0.3 is 25.1 Å². The molecule has 152 valence electrons. The Morgan fingerprint density at radius 3 is 2.46 bits per heavy atom. The molecule has 2 aromatic rings. The van der Waals surface area contributed by atoms with Gasteiger partial charge in [0.2, 0.25) is 5.91 Å². The third kappa shape index (κ3) is 5.73. The second-order valence-corrected chi connectivity index (χ2v) is 7.52. The average Bonchev–Trinajstić information content (AvgIpc) is 3.01. The smallest absolute Gasteiger partial charge is 0.408 e. The van der Waals surface area contributed by atoms with E-state index in [1.165, 1.54) is 14.0 Å². The largest absolute Gasteiger partial charge is 0.467 e. The first kappa shape index (κ1) is 21.3. The van der Waals surface area contributed by atoms with Crippen LogP contribution in [0.4, 0.5) is 4.79 Å². The second kappa shape index (κ2) is 8.77. The summed E-state index contributed by atoms with van der Waals surface area (Å²) in [5.41, 5.74) is 1.08. The molecule has 0 bridgehead atoms. The molecule has 2 rings (SSSR count). The van der Waals surface area contributed by atoms with Crippen molar-refractivity contribution in [1.29, 1.82) is 0 Å². The maximum absolute atomic E-state index is 12.7. The summed E-state index contributed by atoms with van der Waals surface area (Å²) >= 11 is 0. The van der Waals surface area contributed by atoms with Crippen molar-refractivity contribution < 1.29 is 23.9 Å². The van der Waals surface area contributed by atoms with Crippen LogP contribution in [0.1, 0.15) is 33.3 Å². The first-order chi connectivity index (χ1) is 13.1. The molecule has 0 saturated carbocycles. The summed E-state index contributed by atoms with van der Waals surface area (Å²) < 4.78 is 9.90. The van der Waals surface area contributed by atoms with Crippen LogP contribution >= 0.6 is 0 Å². The van der Waals surface area contributed by atoms with E-state index in [9.17, 15) is 14.4 Å². The van der Waals surface area contributed by atoms with Crippen LogP contribution < -0.4 is 10.6 Å². The van der Waals surface area contributed by atoms with E-state index >= 15 is 0 Å². The number of aromatic nitrogens is 1.